The van der Waals surface area contributed by atoms with E-state index in [4.69, 9.17) is 0 Å². The Morgan fingerprint density at radius 1 is 1.00 bits per heavy atom. The average molecular weight is 291 g/mol. The third-order valence-corrected chi connectivity index (χ3v) is 4.88. The van der Waals surface area contributed by atoms with Gasteiger partial charge in [0.2, 0.25) is 11.8 Å². The van der Waals surface area contributed by atoms with Crippen molar-refractivity contribution in [3.05, 3.63) is 54.6 Å². The highest BCUT2D eigenvalue weighted by Crippen LogP contribution is 2.41. The molecule has 2 aromatic carbocycles. The zero-order valence-corrected chi connectivity index (χ0v) is 12.4. The molecule has 1 aliphatic carbocycles. The summed E-state index contributed by atoms with van der Waals surface area (Å²) in [4.78, 5) is 27.1. The van der Waals surface area contributed by atoms with E-state index in [1.54, 1.807) is 0 Å². The molecule has 0 aromatic heterocycles. The summed E-state index contributed by atoms with van der Waals surface area (Å²) in [5.41, 5.74) is 0.717. The van der Waals surface area contributed by atoms with Crippen molar-refractivity contribution in [3.63, 3.8) is 0 Å². The van der Waals surface area contributed by atoms with Crippen LogP contribution in [0.5, 0.6) is 0 Å². The molecular formula is C19H17NO2. The van der Waals surface area contributed by atoms with Gasteiger partial charge < -0.3 is 0 Å². The van der Waals surface area contributed by atoms with E-state index in [0.717, 1.165) is 16.5 Å². The molecule has 0 spiro atoms. The molecule has 110 valence electrons. The lowest BCUT2D eigenvalue weighted by molar-refractivity contribution is -0.122. The normalized spacial score (nSPS) is 27.5. The first kappa shape index (κ1) is 13.3. The fourth-order valence-corrected chi connectivity index (χ4v) is 3.79. The van der Waals surface area contributed by atoms with E-state index >= 15 is 0 Å². The van der Waals surface area contributed by atoms with Crippen molar-refractivity contribution in [3.8, 4) is 0 Å². The van der Waals surface area contributed by atoms with E-state index in [-0.39, 0.29) is 29.6 Å². The Morgan fingerprint density at radius 2 is 1.77 bits per heavy atom. The van der Waals surface area contributed by atoms with Crippen molar-refractivity contribution in [2.45, 2.75) is 13.3 Å². The van der Waals surface area contributed by atoms with Crippen LogP contribution in [0.2, 0.25) is 0 Å². The number of rotatable bonds is 1. The number of benzene rings is 2. The van der Waals surface area contributed by atoms with Gasteiger partial charge in [0.05, 0.1) is 17.5 Å². The number of fused-ring (bicyclic) bond motifs is 2. The molecular weight excluding hydrogens is 274 g/mol. The zero-order valence-electron chi connectivity index (χ0n) is 12.4. The molecule has 1 aliphatic heterocycles. The smallest absolute Gasteiger partial charge is 0.238 e. The molecule has 1 heterocycles. The van der Waals surface area contributed by atoms with Crippen LogP contribution in [0.25, 0.3) is 10.8 Å². The number of hydrogen-bond acceptors (Lipinski definition) is 2. The van der Waals surface area contributed by atoms with Gasteiger partial charge in [-0.3, -0.25) is 9.59 Å². The number of amides is 2. The predicted octanol–water partition coefficient (Wildman–Crippen LogP) is 3.54. The van der Waals surface area contributed by atoms with Gasteiger partial charge in [0, 0.05) is 5.39 Å². The fraction of sp³-hybridized carbons (Fsp3) is 0.263. The summed E-state index contributed by atoms with van der Waals surface area (Å²) in [5.74, 6) is -0.399. The quantitative estimate of drug-likeness (QED) is 0.595. The lowest BCUT2D eigenvalue weighted by Gasteiger charge is -2.22. The van der Waals surface area contributed by atoms with Gasteiger partial charge in [0.15, 0.2) is 0 Å². The lowest BCUT2D eigenvalue weighted by Crippen LogP contribution is -2.31. The summed E-state index contributed by atoms with van der Waals surface area (Å²) in [6.45, 7) is 2.02. The standard InChI is InChI=1S/C19H17NO2/c1-12-6-4-10-15-17(12)19(22)20(18(15)21)16-11-5-8-13-7-2-3-9-14(13)16/h2-9,11-12,15,17H,10H2,1H3/t12-,15-,17+/m0/s1. The van der Waals surface area contributed by atoms with Gasteiger partial charge in [-0.25, -0.2) is 4.90 Å². The van der Waals surface area contributed by atoms with Crippen molar-refractivity contribution in [2.75, 3.05) is 4.90 Å². The first-order valence-electron chi connectivity index (χ1n) is 7.70. The van der Waals surface area contributed by atoms with Crippen LogP contribution in [-0.4, -0.2) is 11.8 Å². The van der Waals surface area contributed by atoms with Crippen molar-refractivity contribution < 1.29 is 9.59 Å². The van der Waals surface area contributed by atoms with Crippen LogP contribution in [-0.2, 0) is 9.59 Å². The average Bonchev–Trinajstić information content (AvgIpc) is 2.79. The molecule has 3 atom stereocenters. The van der Waals surface area contributed by atoms with Crippen LogP contribution in [0, 0.1) is 17.8 Å². The summed E-state index contributed by atoms with van der Waals surface area (Å²) in [6, 6.07) is 13.6. The molecule has 1 fully saturated rings. The first-order chi connectivity index (χ1) is 10.7. The van der Waals surface area contributed by atoms with Crippen molar-refractivity contribution >= 4 is 28.3 Å². The number of carbonyl (C=O) groups excluding carboxylic acids is 2. The molecule has 2 amide bonds. The summed E-state index contributed by atoms with van der Waals surface area (Å²) in [7, 11) is 0. The van der Waals surface area contributed by atoms with Crippen molar-refractivity contribution in [2.24, 2.45) is 17.8 Å². The van der Waals surface area contributed by atoms with E-state index < -0.39 is 0 Å². The van der Waals surface area contributed by atoms with Crippen LogP contribution < -0.4 is 4.90 Å². The monoisotopic (exact) mass is 291 g/mol. The summed E-state index contributed by atoms with van der Waals surface area (Å²) >= 11 is 0. The van der Waals surface area contributed by atoms with Gasteiger partial charge in [-0.15, -0.1) is 0 Å². The van der Waals surface area contributed by atoms with E-state index in [1.807, 2.05) is 55.5 Å². The molecule has 0 radical (unpaired) electrons. The molecule has 2 aromatic rings. The number of anilines is 1. The highest BCUT2D eigenvalue weighted by Gasteiger charge is 2.50. The maximum Gasteiger partial charge on any atom is 0.238 e. The second kappa shape index (κ2) is 4.80. The van der Waals surface area contributed by atoms with Crippen LogP contribution in [0.4, 0.5) is 5.69 Å². The minimum Gasteiger partial charge on any atom is -0.274 e. The Balaban J connectivity index is 1.86. The molecule has 3 heteroatoms. The number of nitrogens with zero attached hydrogens (tertiary/aromatic N) is 1. The lowest BCUT2D eigenvalue weighted by atomic mass is 9.78. The van der Waals surface area contributed by atoms with Crippen molar-refractivity contribution in [1.29, 1.82) is 0 Å². The topological polar surface area (TPSA) is 37.4 Å². The Kier molecular flexibility index (Phi) is 2.89. The number of imide groups is 1. The van der Waals surface area contributed by atoms with Crippen LogP contribution in [0.15, 0.2) is 54.6 Å². The van der Waals surface area contributed by atoms with Crippen molar-refractivity contribution in [1.82, 2.24) is 0 Å². The molecule has 0 bridgehead atoms. The predicted molar refractivity (Wildman–Crippen MR) is 86.3 cm³/mol. The van der Waals surface area contributed by atoms with Crippen LogP contribution >= 0.6 is 0 Å². The summed E-state index contributed by atoms with van der Waals surface area (Å²) in [5, 5.41) is 1.99. The third kappa shape index (κ3) is 1.75. The SMILES string of the molecule is C[C@H]1C=CC[C@@H]2C(=O)N(c3cccc4ccccc34)C(=O)[C@@H]21. The van der Waals surface area contributed by atoms with E-state index in [2.05, 4.69) is 6.08 Å². The van der Waals surface area contributed by atoms with Gasteiger partial charge in [-0.2, -0.15) is 0 Å². The van der Waals surface area contributed by atoms with Gasteiger partial charge >= 0.3 is 0 Å². The number of carbonyl (C=O) groups is 2. The Hall–Kier alpha value is -2.42. The van der Waals surface area contributed by atoms with E-state index in [0.29, 0.717) is 6.42 Å². The number of allylic oxidation sites excluding steroid dienone is 2. The van der Waals surface area contributed by atoms with Crippen LogP contribution in [0.3, 0.4) is 0 Å². The molecule has 3 nitrogen and oxygen atoms in total. The maximum atomic E-state index is 12.9. The van der Waals surface area contributed by atoms with Gasteiger partial charge in [0.1, 0.15) is 0 Å². The molecule has 0 unspecified atom stereocenters. The Morgan fingerprint density at radius 3 is 2.59 bits per heavy atom. The third-order valence-electron chi connectivity index (χ3n) is 4.88. The Bertz CT molecular complexity index is 803. The molecule has 2 aliphatic rings. The minimum atomic E-state index is -0.212. The van der Waals surface area contributed by atoms with Crippen LogP contribution in [0.1, 0.15) is 13.3 Å². The zero-order chi connectivity index (χ0) is 15.3. The van der Waals surface area contributed by atoms with E-state index in [1.165, 1.54) is 4.90 Å². The second-order valence-corrected chi connectivity index (χ2v) is 6.17. The fourth-order valence-electron chi connectivity index (χ4n) is 3.79. The van der Waals surface area contributed by atoms with Gasteiger partial charge in [-0.1, -0.05) is 55.5 Å². The summed E-state index contributed by atoms with van der Waals surface area (Å²) < 4.78 is 0. The second-order valence-electron chi connectivity index (χ2n) is 6.17. The van der Waals surface area contributed by atoms with E-state index in [9.17, 15) is 9.59 Å². The molecule has 4 rings (SSSR count). The Labute approximate surface area is 129 Å². The first-order valence-corrected chi connectivity index (χ1v) is 7.70. The highest BCUT2D eigenvalue weighted by atomic mass is 16.2. The highest BCUT2D eigenvalue weighted by molar-refractivity contribution is 6.25. The molecule has 0 saturated carbocycles. The molecule has 1 saturated heterocycles. The van der Waals surface area contributed by atoms with Gasteiger partial charge in [-0.05, 0) is 23.8 Å². The minimum absolute atomic E-state index is 0.0526. The summed E-state index contributed by atoms with van der Waals surface area (Å²) in [6.07, 6.45) is 4.75. The molecule has 22 heavy (non-hydrogen) atoms. The molecule has 0 N–H and O–H groups in total. The number of hydrogen-bond donors (Lipinski definition) is 0. The maximum absolute atomic E-state index is 12.9. The van der Waals surface area contributed by atoms with Gasteiger partial charge in [0.25, 0.3) is 0 Å². The largest absolute Gasteiger partial charge is 0.274 e.